The van der Waals surface area contributed by atoms with Crippen molar-refractivity contribution in [1.29, 1.82) is 0 Å². The molecule has 5 nitrogen and oxygen atoms in total. The van der Waals surface area contributed by atoms with Gasteiger partial charge in [0.05, 0.1) is 10.0 Å². The van der Waals surface area contributed by atoms with Gasteiger partial charge in [-0.1, -0.05) is 13.8 Å². The number of hydrogen-bond donors (Lipinski definition) is 2. The number of aryl methyl sites for hydroxylation is 2. The van der Waals surface area contributed by atoms with Crippen molar-refractivity contribution in [3.63, 3.8) is 0 Å². The number of hydrogen-bond acceptors (Lipinski definition) is 5. The molecule has 0 aromatic carbocycles. The van der Waals surface area contributed by atoms with Crippen molar-refractivity contribution < 1.29 is 0 Å². The summed E-state index contributed by atoms with van der Waals surface area (Å²) in [7, 11) is 0. The van der Waals surface area contributed by atoms with E-state index in [-0.39, 0.29) is 24.0 Å². The summed E-state index contributed by atoms with van der Waals surface area (Å²) in [4.78, 5) is 16.2. The Kier molecular flexibility index (Phi) is 11.2. The fourth-order valence-corrected chi connectivity index (χ4v) is 3.86. The van der Waals surface area contributed by atoms with E-state index in [4.69, 9.17) is 0 Å². The molecule has 140 valence electrons. The van der Waals surface area contributed by atoms with Gasteiger partial charge >= 0.3 is 0 Å². The van der Waals surface area contributed by atoms with Crippen molar-refractivity contribution in [2.75, 3.05) is 19.6 Å². The largest absolute Gasteiger partial charge is 0.357 e. The lowest BCUT2D eigenvalue weighted by Crippen LogP contribution is -2.38. The zero-order chi connectivity index (χ0) is 17.2. The molecule has 0 bridgehead atoms. The van der Waals surface area contributed by atoms with Gasteiger partial charge in [-0.2, -0.15) is 0 Å². The molecule has 0 fully saturated rings. The smallest absolute Gasteiger partial charge is 0.191 e. The highest BCUT2D eigenvalue weighted by Gasteiger charge is 2.03. The SMILES string of the molecule is CCNC(=NCCc1ncc(CC)s1)NCCc1ncc(CC)s1.I. The van der Waals surface area contributed by atoms with Crippen molar-refractivity contribution in [3.05, 3.63) is 32.2 Å². The van der Waals surface area contributed by atoms with Crippen molar-refractivity contribution in [3.8, 4) is 0 Å². The highest BCUT2D eigenvalue weighted by Crippen LogP contribution is 2.14. The minimum Gasteiger partial charge on any atom is -0.357 e. The van der Waals surface area contributed by atoms with Gasteiger partial charge in [-0.15, -0.1) is 46.7 Å². The van der Waals surface area contributed by atoms with Crippen LogP contribution in [-0.4, -0.2) is 35.6 Å². The predicted octanol–water partition coefficient (Wildman–Crippen LogP) is 3.68. The Labute approximate surface area is 175 Å². The number of halogens is 1. The fourth-order valence-electron chi connectivity index (χ4n) is 2.15. The summed E-state index contributed by atoms with van der Waals surface area (Å²) in [6.45, 7) is 8.87. The molecular formula is C17H28IN5S2. The fraction of sp³-hybridized carbons (Fsp3) is 0.588. The Morgan fingerprint density at radius 1 is 0.960 bits per heavy atom. The van der Waals surface area contributed by atoms with E-state index < -0.39 is 0 Å². The van der Waals surface area contributed by atoms with Gasteiger partial charge in [-0.25, -0.2) is 9.97 Å². The van der Waals surface area contributed by atoms with E-state index in [9.17, 15) is 0 Å². The first-order valence-electron chi connectivity index (χ1n) is 8.64. The number of nitrogens with one attached hydrogen (secondary N) is 2. The molecule has 0 saturated carbocycles. The molecule has 0 aliphatic carbocycles. The minimum absolute atomic E-state index is 0. The van der Waals surface area contributed by atoms with Gasteiger partial charge < -0.3 is 10.6 Å². The van der Waals surface area contributed by atoms with E-state index in [1.165, 1.54) is 19.8 Å². The second-order valence-corrected chi connectivity index (χ2v) is 7.73. The normalized spacial score (nSPS) is 11.2. The van der Waals surface area contributed by atoms with Crippen LogP contribution in [0.5, 0.6) is 0 Å². The van der Waals surface area contributed by atoms with Crippen molar-refractivity contribution in [2.24, 2.45) is 4.99 Å². The van der Waals surface area contributed by atoms with E-state index in [0.717, 1.165) is 51.3 Å². The molecular weight excluding hydrogens is 465 g/mol. The van der Waals surface area contributed by atoms with Crippen LogP contribution < -0.4 is 10.6 Å². The van der Waals surface area contributed by atoms with E-state index in [0.29, 0.717) is 0 Å². The van der Waals surface area contributed by atoms with E-state index in [2.05, 4.69) is 46.4 Å². The lowest BCUT2D eigenvalue weighted by molar-refractivity contribution is 0.793. The maximum atomic E-state index is 4.64. The quantitative estimate of drug-likeness (QED) is 0.318. The van der Waals surface area contributed by atoms with Gasteiger partial charge in [0.25, 0.3) is 0 Å². The molecule has 2 N–H and O–H groups in total. The predicted molar refractivity (Wildman–Crippen MR) is 120 cm³/mol. The molecule has 0 radical (unpaired) electrons. The first-order valence-corrected chi connectivity index (χ1v) is 10.3. The summed E-state index contributed by atoms with van der Waals surface area (Å²) in [6.07, 6.45) is 7.91. The maximum Gasteiger partial charge on any atom is 0.191 e. The Morgan fingerprint density at radius 2 is 1.56 bits per heavy atom. The maximum absolute atomic E-state index is 4.64. The molecule has 0 spiro atoms. The van der Waals surface area contributed by atoms with Crippen LogP contribution in [0.1, 0.15) is 40.5 Å². The second kappa shape index (κ2) is 12.6. The van der Waals surface area contributed by atoms with Crippen LogP contribution in [0.4, 0.5) is 0 Å². The molecule has 0 amide bonds. The third kappa shape index (κ3) is 8.00. The van der Waals surface area contributed by atoms with Crippen LogP contribution in [0.3, 0.4) is 0 Å². The molecule has 0 aliphatic heterocycles. The standard InChI is InChI=1S/C17H27N5S2.HI/c1-4-13-11-21-15(23-13)7-9-19-17(18-6-3)20-10-8-16-22-12-14(5-2)24-16;/h11-12H,4-10H2,1-3H3,(H2,18,19,20);1H. The Morgan fingerprint density at radius 3 is 2.08 bits per heavy atom. The number of rotatable bonds is 9. The van der Waals surface area contributed by atoms with E-state index >= 15 is 0 Å². The summed E-state index contributed by atoms with van der Waals surface area (Å²) in [6, 6.07) is 0. The second-order valence-electron chi connectivity index (χ2n) is 5.34. The zero-order valence-corrected chi connectivity index (χ0v) is 19.1. The summed E-state index contributed by atoms with van der Waals surface area (Å²) < 4.78 is 0. The number of aromatic nitrogens is 2. The van der Waals surface area contributed by atoms with Crippen LogP contribution >= 0.6 is 46.7 Å². The van der Waals surface area contributed by atoms with Crippen LogP contribution in [-0.2, 0) is 25.7 Å². The molecule has 0 atom stereocenters. The van der Waals surface area contributed by atoms with Gasteiger partial charge in [0, 0.05) is 54.6 Å². The molecule has 0 saturated heterocycles. The summed E-state index contributed by atoms with van der Waals surface area (Å²) in [5, 5.41) is 9.03. The van der Waals surface area contributed by atoms with Crippen LogP contribution in [0.15, 0.2) is 17.4 Å². The number of thiazole rings is 2. The van der Waals surface area contributed by atoms with Gasteiger partial charge in [-0.3, -0.25) is 4.99 Å². The topological polar surface area (TPSA) is 62.2 Å². The Balaban J connectivity index is 0.00000312. The lowest BCUT2D eigenvalue weighted by Gasteiger charge is -2.10. The van der Waals surface area contributed by atoms with Crippen molar-refractivity contribution in [1.82, 2.24) is 20.6 Å². The summed E-state index contributed by atoms with van der Waals surface area (Å²) in [5.74, 6) is 0.872. The number of nitrogens with zero attached hydrogens (tertiary/aromatic N) is 3. The lowest BCUT2D eigenvalue weighted by atomic mass is 10.4. The molecule has 25 heavy (non-hydrogen) atoms. The van der Waals surface area contributed by atoms with Gasteiger partial charge in [0.15, 0.2) is 5.96 Å². The minimum atomic E-state index is 0. The van der Waals surface area contributed by atoms with Gasteiger partial charge in [0.1, 0.15) is 0 Å². The molecule has 0 unspecified atom stereocenters. The van der Waals surface area contributed by atoms with Gasteiger partial charge in [0.2, 0.25) is 0 Å². The van der Waals surface area contributed by atoms with Crippen LogP contribution in [0.2, 0.25) is 0 Å². The summed E-state index contributed by atoms with van der Waals surface area (Å²) >= 11 is 3.59. The monoisotopic (exact) mass is 493 g/mol. The van der Waals surface area contributed by atoms with Crippen LogP contribution in [0, 0.1) is 0 Å². The average Bonchev–Trinajstić information content (AvgIpc) is 3.24. The average molecular weight is 493 g/mol. The van der Waals surface area contributed by atoms with Crippen LogP contribution in [0.25, 0.3) is 0 Å². The number of guanidine groups is 1. The van der Waals surface area contributed by atoms with E-state index in [1.54, 1.807) is 22.7 Å². The van der Waals surface area contributed by atoms with Crippen molar-refractivity contribution in [2.45, 2.75) is 46.5 Å². The highest BCUT2D eigenvalue weighted by molar-refractivity contribution is 14.0. The zero-order valence-electron chi connectivity index (χ0n) is 15.2. The highest BCUT2D eigenvalue weighted by atomic mass is 127. The molecule has 2 rings (SSSR count). The van der Waals surface area contributed by atoms with Crippen molar-refractivity contribution >= 4 is 52.6 Å². The number of aliphatic imine (C=N–C) groups is 1. The van der Waals surface area contributed by atoms with E-state index in [1.807, 2.05) is 12.4 Å². The summed E-state index contributed by atoms with van der Waals surface area (Å²) in [5.41, 5.74) is 0. The Hall–Kier alpha value is -0.740. The molecule has 2 aromatic heterocycles. The molecule has 2 heterocycles. The first kappa shape index (κ1) is 22.3. The third-order valence-electron chi connectivity index (χ3n) is 3.47. The molecule has 0 aliphatic rings. The molecule has 2 aromatic rings. The first-order chi connectivity index (χ1) is 11.7. The Bertz CT molecular complexity index is 639. The molecule has 8 heteroatoms. The van der Waals surface area contributed by atoms with Gasteiger partial charge in [-0.05, 0) is 19.8 Å². The third-order valence-corrected chi connectivity index (χ3v) is 5.87.